The molecule has 2 aromatic heterocycles. The number of nitrogens with zero attached hydrogens (tertiary/aromatic N) is 2. The van der Waals surface area contributed by atoms with Crippen LogP contribution in [0.1, 0.15) is 11.3 Å². The van der Waals surface area contributed by atoms with Crippen molar-refractivity contribution in [3.63, 3.8) is 0 Å². The van der Waals surface area contributed by atoms with Crippen LogP contribution in [0, 0.1) is 0 Å². The number of benzene rings is 1. The van der Waals surface area contributed by atoms with E-state index < -0.39 is 0 Å². The smallest absolute Gasteiger partial charge is 0.137 e. The molecule has 0 spiro atoms. The highest BCUT2D eigenvalue weighted by atomic mass is 16.5. The van der Waals surface area contributed by atoms with Gasteiger partial charge in [0.25, 0.3) is 0 Å². The zero-order chi connectivity index (χ0) is 13.1. The fraction of sp³-hybridized carbons (Fsp3) is 0.133. The number of hydrogen-bond acceptors (Lipinski definition) is 3. The first-order chi connectivity index (χ1) is 9.35. The lowest BCUT2D eigenvalue weighted by Gasteiger charge is -2.05. The molecule has 3 aromatic rings. The molecule has 0 aliphatic heterocycles. The summed E-state index contributed by atoms with van der Waals surface area (Å²) in [4.78, 5) is 4.48. The molecule has 0 bridgehead atoms. The standard InChI is InChI=1S/C15H15N3O/c16-9-12-4-3-5-14(8-12)19-11-13-10-18-7-2-1-6-15(18)17-13/h1-8,10H,9,11,16H2. The van der Waals surface area contributed by atoms with Crippen molar-refractivity contribution in [2.45, 2.75) is 13.2 Å². The first kappa shape index (κ1) is 11.7. The summed E-state index contributed by atoms with van der Waals surface area (Å²) < 4.78 is 7.71. The van der Waals surface area contributed by atoms with Crippen LogP contribution in [-0.2, 0) is 13.2 Å². The molecule has 1 aromatic carbocycles. The van der Waals surface area contributed by atoms with E-state index in [0.29, 0.717) is 13.2 Å². The van der Waals surface area contributed by atoms with Crippen LogP contribution in [-0.4, -0.2) is 9.38 Å². The minimum absolute atomic E-state index is 0.454. The summed E-state index contributed by atoms with van der Waals surface area (Å²) in [6.45, 7) is 0.973. The second-order valence-electron chi connectivity index (χ2n) is 4.34. The molecular weight excluding hydrogens is 238 g/mol. The molecule has 3 rings (SSSR count). The summed E-state index contributed by atoms with van der Waals surface area (Å²) in [5.74, 6) is 0.819. The molecule has 96 valence electrons. The Balaban J connectivity index is 1.74. The molecule has 4 heteroatoms. The Morgan fingerprint density at radius 1 is 1.16 bits per heavy atom. The normalized spacial score (nSPS) is 10.8. The number of pyridine rings is 1. The van der Waals surface area contributed by atoms with Gasteiger partial charge in [0.15, 0.2) is 0 Å². The van der Waals surface area contributed by atoms with E-state index >= 15 is 0 Å². The number of ether oxygens (including phenoxy) is 1. The minimum atomic E-state index is 0.454. The van der Waals surface area contributed by atoms with Crippen molar-refractivity contribution in [3.8, 4) is 5.75 Å². The largest absolute Gasteiger partial charge is 0.487 e. The highest BCUT2D eigenvalue weighted by Crippen LogP contribution is 2.15. The first-order valence-corrected chi connectivity index (χ1v) is 6.19. The Kier molecular flexibility index (Phi) is 3.16. The molecule has 0 saturated heterocycles. The number of fused-ring (bicyclic) bond motifs is 1. The Bertz CT molecular complexity index is 657. The number of nitrogens with two attached hydrogens (primary N) is 1. The molecule has 0 amide bonds. The van der Waals surface area contributed by atoms with Crippen LogP contribution in [0.15, 0.2) is 54.9 Å². The van der Waals surface area contributed by atoms with Crippen LogP contribution in [0.3, 0.4) is 0 Å². The van der Waals surface area contributed by atoms with Crippen LogP contribution < -0.4 is 10.5 Å². The van der Waals surface area contributed by atoms with Gasteiger partial charge in [0.2, 0.25) is 0 Å². The van der Waals surface area contributed by atoms with Crippen LogP contribution in [0.4, 0.5) is 0 Å². The first-order valence-electron chi connectivity index (χ1n) is 6.19. The number of hydrogen-bond donors (Lipinski definition) is 1. The summed E-state index contributed by atoms with van der Waals surface area (Å²) in [5, 5.41) is 0. The van der Waals surface area contributed by atoms with E-state index in [0.717, 1.165) is 22.7 Å². The SMILES string of the molecule is NCc1cccc(OCc2cn3ccccc3n2)c1. The van der Waals surface area contributed by atoms with Crippen LogP contribution in [0.5, 0.6) is 5.75 Å². The monoisotopic (exact) mass is 253 g/mol. The van der Waals surface area contributed by atoms with Crippen molar-refractivity contribution in [2.75, 3.05) is 0 Å². The second-order valence-corrected chi connectivity index (χ2v) is 4.34. The minimum Gasteiger partial charge on any atom is -0.487 e. The van der Waals surface area contributed by atoms with Crippen molar-refractivity contribution >= 4 is 5.65 Å². The summed E-state index contributed by atoms with van der Waals surface area (Å²) in [6, 6.07) is 13.7. The zero-order valence-electron chi connectivity index (χ0n) is 10.5. The van der Waals surface area contributed by atoms with E-state index in [9.17, 15) is 0 Å². The lowest BCUT2D eigenvalue weighted by atomic mass is 10.2. The van der Waals surface area contributed by atoms with Crippen LogP contribution in [0.2, 0.25) is 0 Å². The fourth-order valence-corrected chi connectivity index (χ4v) is 1.98. The Hall–Kier alpha value is -2.33. The predicted molar refractivity (Wildman–Crippen MR) is 73.9 cm³/mol. The predicted octanol–water partition coefficient (Wildman–Crippen LogP) is 2.37. The van der Waals surface area contributed by atoms with Crippen molar-refractivity contribution in [2.24, 2.45) is 5.73 Å². The molecule has 0 fully saturated rings. The molecule has 0 aliphatic carbocycles. The van der Waals surface area contributed by atoms with Gasteiger partial charge in [-0.15, -0.1) is 0 Å². The van der Waals surface area contributed by atoms with E-state index in [1.165, 1.54) is 0 Å². The molecule has 0 unspecified atom stereocenters. The maximum Gasteiger partial charge on any atom is 0.137 e. The van der Waals surface area contributed by atoms with E-state index in [-0.39, 0.29) is 0 Å². The third kappa shape index (κ3) is 2.58. The van der Waals surface area contributed by atoms with Crippen molar-refractivity contribution in [3.05, 3.63) is 66.1 Å². The quantitative estimate of drug-likeness (QED) is 0.776. The van der Waals surface area contributed by atoms with Gasteiger partial charge in [0, 0.05) is 18.9 Å². The third-order valence-electron chi connectivity index (χ3n) is 2.93. The topological polar surface area (TPSA) is 52.5 Å². The summed E-state index contributed by atoms with van der Waals surface area (Å²) in [5.41, 5.74) is 8.50. The third-order valence-corrected chi connectivity index (χ3v) is 2.93. The Morgan fingerprint density at radius 2 is 2.11 bits per heavy atom. The van der Waals surface area contributed by atoms with Gasteiger partial charge in [-0.1, -0.05) is 18.2 Å². The molecule has 0 aliphatic rings. The van der Waals surface area contributed by atoms with Gasteiger partial charge in [0.1, 0.15) is 18.0 Å². The van der Waals surface area contributed by atoms with Crippen molar-refractivity contribution < 1.29 is 4.74 Å². The number of imidazole rings is 1. The maximum atomic E-state index is 5.73. The maximum absolute atomic E-state index is 5.73. The lowest BCUT2D eigenvalue weighted by molar-refractivity contribution is 0.302. The van der Waals surface area contributed by atoms with Gasteiger partial charge in [-0.05, 0) is 29.8 Å². The van der Waals surface area contributed by atoms with E-state index in [4.69, 9.17) is 10.5 Å². The average molecular weight is 253 g/mol. The van der Waals surface area contributed by atoms with Gasteiger partial charge < -0.3 is 14.9 Å². The molecule has 2 heterocycles. The van der Waals surface area contributed by atoms with Crippen LogP contribution >= 0.6 is 0 Å². The van der Waals surface area contributed by atoms with Gasteiger partial charge in [-0.3, -0.25) is 0 Å². The van der Waals surface area contributed by atoms with Gasteiger partial charge in [-0.25, -0.2) is 4.98 Å². The molecule has 0 atom stereocenters. The summed E-state index contributed by atoms with van der Waals surface area (Å²) >= 11 is 0. The number of rotatable bonds is 4. The van der Waals surface area contributed by atoms with Crippen LogP contribution in [0.25, 0.3) is 5.65 Å². The number of aromatic nitrogens is 2. The zero-order valence-corrected chi connectivity index (χ0v) is 10.5. The van der Waals surface area contributed by atoms with Crippen molar-refractivity contribution in [1.29, 1.82) is 0 Å². The fourth-order valence-electron chi connectivity index (χ4n) is 1.98. The van der Waals surface area contributed by atoms with Gasteiger partial charge >= 0.3 is 0 Å². The average Bonchev–Trinajstić information content (AvgIpc) is 2.88. The molecule has 0 radical (unpaired) electrons. The van der Waals surface area contributed by atoms with Gasteiger partial charge in [-0.2, -0.15) is 0 Å². The molecule has 4 nitrogen and oxygen atoms in total. The van der Waals surface area contributed by atoms with E-state index in [1.54, 1.807) is 0 Å². The molecule has 19 heavy (non-hydrogen) atoms. The Labute approximate surface area is 111 Å². The Morgan fingerprint density at radius 3 is 2.95 bits per heavy atom. The molecular formula is C15H15N3O. The van der Waals surface area contributed by atoms with Gasteiger partial charge in [0.05, 0.1) is 5.69 Å². The highest BCUT2D eigenvalue weighted by molar-refractivity contribution is 5.39. The second kappa shape index (κ2) is 5.12. The summed E-state index contributed by atoms with van der Waals surface area (Å²) in [6.07, 6.45) is 3.95. The molecule has 0 saturated carbocycles. The summed E-state index contributed by atoms with van der Waals surface area (Å²) in [7, 11) is 0. The van der Waals surface area contributed by atoms with E-state index in [2.05, 4.69) is 4.98 Å². The lowest BCUT2D eigenvalue weighted by Crippen LogP contribution is -1.99. The molecule has 2 N–H and O–H groups in total. The van der Waals surface area contributed by atoms with E-state index in [1.807, 2.05) is 59.3 Å². The van der Waals surface area contributed by atoms with Crippen molar-refractivity contribution in [1.82, 2.24) is 9.38 Å². The highest BCUT2D eigenvalue weighted by Gasteiger charge is 2.02.